The van der Waals surface area contributed by atoms with Gasteiger partial charge in [-0.25, -0.2) is 0 Å². The zero-order valence-electron chi connectivity index (χ0n) is 10.9. The highest BCUT2D eigenvalue weighted by Crippen LogP contribution is 2.11. The lowest BCUT2D eigenvalue weighted by molar-refractivity contribution is 0.0940. The fourth-order valence-electron chi connectivity index (χ4n) is 1.85. The summed E-state index contributed by atoms with van der Waals surface area (Å²) in [6.07, 6.45) is 4.30. The van der Waals surface area contributed by atoms with Crippen molar-refractivity contribution in [3.63, 3.8) is 0 Å². The monoisotopic (exact) mass is 258 g/mol. The first-order valence-electron chi connectivity index (χ1n) is 6.29. The molecule has 0 bridgehead atoms. The molecule has 2 rings (SSSR count). The van der Waals surface area contributed by atoms with Crippen molar-refractivity contribution in [1.29, 1.82) is 0 Å². The zero-order valence-corrected chi connectivity index (χ0v) is 10.9. The number of rotatable bonds is 5. The molecule has 19 heavy (non-hydrogen) atoms. The molecule has 0 radical (unpaired) electrons. The second-order valence-corrected chi connectivity index (χ2v) is 4.46. The summed E-state index contributed by atoms with van der Waals surface area (Å²) >= 11 is 0. The summed E-state index contributed by atoms with van der Waals surface area (Å²) in [7, 11) is 0. The van der Waals surface area contributed by atoms with E-state index in [1.54, 1.807) is 12.4 Å². The van der Waals surface area contributed by atoms with E-state index in [0.717, 1.165) is 17.5 Å². The summed E-state index contributed by atoms with van der Waals surface area (Å²) in [5, 5.41) is 9.53. The van der Waals surface area contributed by atoms with Gasteiger partial charge in [0.05, 0.1) is 12.2 Å². The highest BCUT2D eigenvalue weighted by atomic mass is 16.1. The number of carbonyl (C=O) groups is 1. The summed E-state index contributed by atoms with van der Waals surface area (Å²) in [6.45, 7) is 2.54. The van der Waals surface area contributed by atoms with Crippen molar-refractivity contribution in [2.75, 3.05) is 6.54 Å². The quantitative estimate of drug-likeness (QED) is 0.758. The lowest BCUT2D eigenvalue weighted by Gasteiger charge is -2.12. The third-order valence-electron chi connectivity index (χ3n) is 3.02. The molecule has 0 aliphatic rings. The van der Waals surface area contributed by atoms with Gasteiger partial charge in [-0.2, -0.15) is 5.10 Å². The molecule has 5 nitrogen and oxygen atoms in total. The molecule has 0 aliphatic heterocycles. The van der Waals surface area contributed by atoms with E-state index in [4.69, 9.17) is 5.73 Å². The van der Waals surface area contributed by atoms with Crippen molar-refractivity contribution < 1.29 is 4.79 Å². The number of hydrogen-bond acceptors (Lipinski definition) is 3. The molecule has 100 valence electrons. The number of aromatic nitrogens is 2. The maximum absolute atomic E-state index is 12.1. The van der Waals surface area contributed by atoms with E-state index >= 15 is 0 Å². The molecule has 0 fully saturated rings. The van der Waals surface area contributed by atoms with Crippen LogP contribution in [0.5, 0.6) is 0 Å². The number of carbonyl (C=O) groups excluding carboxylic acids is 1. The smallest absolute Gasteiger partial charge is 0.251 e. The van der Waals surface area contributed by atoms with Crippen LogP contribution in [0.25, 0.3) is 0 Å². The molecule has 0 saturated carbocycles. The summed E-state index contributed by atoms with van der Waals surface area (Å²) in [4.78, 5) is 12.1. The average Bonchev–Trinajstić information content (AvgIpc) is 2.94. The SMILES string of the molecule is CC(NC(=O)c1ccc(CCN)cc1)c1cn[nH]c1. The van der Waals surface area contributed by atoms with E-state index in [-0.39, 0.29) is 11.9 Å². The second-order valence-electron chi connectivity index (χ2n) is 4.46. The van der Waals surface area contributed by atoms with Crippen LogP contribution in [0.4, 0.5) is 0 Å². The molecule has 0 spiro atoms. The van der Waals surface area contributed by atoms with Gasteiger partial charge in [-0.1, -0.05) is 12.1 Å². The van der Waals surface area contributed by atoms with Crippen molar-refractivity contribution in [2.45, 2.75) is 19.4 Å². The molecule has 0 saturated heterocycles. The number of nitrogens with two attached hydrogens (primary N) is 1. The summed E-state index contributed by atoms with van der Waals surface area (Å²) in [5.41, 5.74) is 8.23. The Hall–Kier alpha value is -2.14. The van der Waals surface area contributed by atoms with Crippen molar-refractivity contribution >= 4 is 5.91 Å². The largest absolute Gasteiger partial charge is 0.345 e. The molecule has 1 atom stereocenters. The lowest BCUT2D eigenvalue weighted by Crippen LogP contribution is -2.26. The molecular weight excluding hydrogens is 240 g/mol. The number of benzene rings is 1. The predicted molar refractivity (Wildman–Crippen MR) is 73.7 cm³/mol. The van der Waals surface area contributed by atoms with Gasteiger partial charge >= 0.3 is 0 Å². The number of nitrogens with one attached hydrogen (secondary N) is 2. The molecular formula is C14H18N4O. The molecule has 2 aromatic rings. The van der Waals surface area contributed by atoms with Crippen LogP contribution in [0.1, 0.15) is 34.5 Å². The van der Waals surface area contributed by atoms with Gasteiger partial charge in [-0.15, -0.1) is 0 Å². The Labute approximate surface area is 112 Å². The topological polar surface area (TPSA) is 83.8 Å². The number of aromatic amines is 1. The van der Waals surface area contributed by atoms with Gasteiger partial charge in [-0.3, -0.25) is 9.89 Å². The fourth-order valence-corrected chi connectivity index (χ4v) is 1.85. The Morgan fingerprint density at radius 3 is 2.74 bits per heavy atom. The summed E-state index contributed by atoms with van der Waals surface area (Å²) < 4.78 is 0. The third kappa shape index (κ3) is 3.42. The maximum Gasteiger partial charge on any atom is 0.251 e. The first-order valence-corrected chi connectivity index (χ1v) is 6.29. The zero-order chi connectivity index (χ0) is 13.7. The Morgan fingerprint density at radius 2 is 2.16 bits per heavy atom. The van der Waals surface area contributed by atoms with E-state index in [1.807, 2.05) is 31.2 Å². The lowest BCUT2D eigenvalue weighted by atomic mass is 10.1. The molecule has 1 unspecified atom stereocenters. The summed E-state index contributed by atoms with van der Waals surface area (Å²) in [5.74, 6) is -0.0898. The number of nitrogens with zero attached hydrogens (tertiary/aromatic N) is 1. The van der Waals surface area contributed by atoms with E-state index in [2.05, 4.69) is 15.5 Å². The van der Waals surface area contributed by atoms with Crippen LogP contribution >= 0.6 is 0 Å². The Kier molecular flexibility index (Phi) is 4.30. The molecule has 1 amide bonds. The number of amides is 1. The van der Waals surface area contributed by atoms with E-state index < -0.39 is 0 Å². The standard InChI is InChI=1S/C14H18N4O/c1-10(13-8-16-17-9-13)18-14(19)12-4-2-11(3-5-12)6-7-15/h2-5,8-10H,6-7,15H2,1H3,(H,16,17)(H,18,19). The fraction of sp³-hybridized carbons (Fsp3) is 0.286. The Balaban J connectivity index is 1.99. The van der Waals surface area contributed by atoms with Gasteiger partial charge in [0, 0.05) is 17.3 Å². The molecule has 5 heteroatoms. The number of hydrogen-bond donors (Lipinski definition) is 3. The minimum atomic E-state index is -0.0898. The molecule has 1 heterocycles. The van der Waals surface area contributed by atoms with E-state index in [9.17, 15) is 4.79 Å². The van der Waals surface area contributed by atoms with Crippen molar-refractivity contribution in [3.05, 3.63) is 53.3 Å². The highest BCUT2D eigenvalue weighted by Gasteiger charge is 2.11. The average molecular weight is 258 g/mol. The van der Waals surface area contributed by atoms with E-state index in [0.29, 0.717) is 12.1 Å². The Morgan fingerprint density at radius 1 is 1.42 bits per heavy atom. The second kappa shape index (κ2) is 6.15. The molecule has 1 aromatic heterocycles. The Bertz CT molecular complexity index is 519. The molecule has 4 N–H and O–H groups in total. The number of H-pyrrole nitrogens is 1. The van der Waals surface area contributed by atoms with Crippen LogP contribution in [-0.2, 0) is 6.42 Å². The minimum absolute atomic E-state index is 0.0741. The predicted octanol–water partition coefficient (Wildman–Crippen LogP) is 1.40. The third-order valence-corrected chi connectivity index (χ3v) is 3.02. The van der Waals surface area contributed by atoms with Crippen molar-refractivity contribution in [1.82, 2.24) is 15.5 Å². The van der Waals surface area contributed by atoms with Gasteiger partial charge < -0.3 is 11.1 Å². The first kappa shape index (κ1) is 13.3. The summed E-state index contributed by atoms with van der Waals surface area (Å²) in [6, 6.07) is 7.44. The van der Waals surface area contributed by atoms with Gasteiger partial charge in [0.2, 0.25) is 0 Å². The minimum Gasteiger partial charge on any atom is -0.345 e. The maximum atomic E-state index is 12.1. The van der Waals surface area contributed by atoms with Gasteiger partial charge in [0.25, 0.3) is 5.91 Å². The van der Waals surface area contributed by atoms with Crippen LogP contribution in [-0.4, -0.2) is 22.6 Å². The van der Waals surface area contributed by atoms with Crippen LogP contribution in [0.3, 0.4) is 0 Å². The van der Waals surface area contributed by atoms with E-state index in [1.165, 1.54) is 0 Å². The van der Waals surface area contributed by atoms with Gasteiger partial charge in [0.1, 0.15) is 0 Å². The van der Waals surface area contributed by atoms with Crippen LogP contribution in [0, 0.1) is 0 Å². The highest BCUT2D eigenvalue weighted by molar-refractivity contribution is 5.94. The molecule has 0 aliphatic carbocycles. The van der Waals surface area contributed by atoms with Crippen molar-refractivity contribution in [3.8, 4) is 0 Å². The van der Waals surface area contributed by atoms with Crippen LogP contribution in [0.2, 0.25) is 0 Å². The van der Waals surface area contributed by atoms with Crippen molar-refractivity contribution in [2.24, 2.45) is 5.73 Å². The van der Waals surface area contributed by atoms with Gasteiger partial charge in [0.15, 0.2) is 0 Å². The first-order chi connectivity index (χ1) is 9.20. The van der Waals surface area contributed by atoms with Crippen LogP contribution < -0.4 is 11.1 Å². The van der Waals surface area contributed by atoms with Crippen LogP contribution in [0.15, 0.2) is 36.7 Å². The normalized spacial score (nSPS) is 12.1. The molecule has 1 aromatic carbocycles. The van der Waals surface area contributed by atoms with Gasteiger partial charge in [-0.05, 0) is 37.6 Å².